The number of nitrogens with zero attached hydrogens (tertiary/aromatic N) is 3. The second-order valence-electron chi connectivity index (χ2n) is 5.23. The van der Waals surface area contributed by atoms with Crippen LogP contribution in [0, 0.1) is 11.3 Å². The van der Waals surface area contributed by atoms with Crippen molar-refractivity contribution in [2.45, 2.75) is 0 Å². The van der Waals surface area contributed by atoms with Crippen LogP contribution < -0.4 is 9.47 Å². The zero-order valence-electron chi connectivity index (χ0n) is 13.7. The highest BCUT2D eigenvalue weighted by atomic mass is 16.5. The Labute approximate surface area is 145 Å². The summed E-state index contributed by atoms with van der Waals surface area (Å²) in [6.45, 7) is 0.219. The van der Waals surface area contributed by atoms with Gasteiger partial charge < -0.3 is 14.6 Å². The molecule has 0 aliphatic rings. The van der Waals surface area contributed by atoms with Gasteiger partial charge in [-0.2, -0.15) is 5.26 Å². The number of nitriles is 1. The van der Waals surface area contributed by atoms with Crippen LogP contribution in [0.3, 0.4) is 0 Å². The Kier molecular flexibility index (Phi) is 4.97. The van der Waals surface area contributed by atoms with E-state index in [1.54, 1.807) is 13.3 Å². The van der Waals surface area contributed by atoms with Crippen LogP contribution in [0.1, 0.15) is 5.69 Å². The van der Waals surface area contributed by atoms with E-state index in [2.05, 4.69) is 11.1 Å². The molecule has 2 aromatic carbocycles. The lowest BCUT2D eigenvalue weighted by Crippen LogP contribution is -2.02. The molecule has 0 saturated carbocycles. The summed E-state index contributed by atoms with van der Waals surface area (Å²) in [4.78, 5) is 4.40. The Morgan fingerprint density at radius 2 is 1.76 bits per heavy atom. The van der Waals surface area contributed by atoms with E-state index in [1.165, 1.54) is 0 Å². The summed E-state index contributed by atoms with van der Waals surface area (Å²) in [6, 6.07) is 17.0. The summed E-state index contributed by atoms with van der Waals surface area (Å²) in [5.74, 6) is 2.10. The summed E-state index contributed by atoms with van der Waals surface area (Å²) in [5, 5.41) is 18.0. The van der Waals surface area contributed by atoms with Gasteiger partial charge in [0.25, 0.3) is 0 Å². The van der Waals surface area contributed by atoms with Crippen LogP contribution in [-0.4, -0.2) is 35.0 Å². The van der Waals surface area contributed by atoms with Gasteiger partial charge in [0.2, 0.25) is 0 Å². The number of benzene rings is 2. The van der Waals surface area contributed by atoms with Gasteiger partial charge in [0, 0.05) is 17.4 Å². The molecule has 3 aromatic rings. The second kappa shape index (κ2) is 7.51. The minimum absolute atomic E-state index is 0.0313. The third-order valence-corrected chi connectivity index (χ3v) is 3.64. The first kappa shape index (κ1) is 16.6. The fourth-order valence-corrected chi connectivity index (χ4v) is 2.44. The summed E-state index contributed by atoms with van der Waals surface area (Å²) in [5.41, 5.74) is 2.07. The minimum atomic E-state index is -0.0313. The van der Waals surface area contributed by atoms with Crippen molar-refractivity contribution < 1.29 is 14.6 Å². The van der Waals surface area contributed by atoms with Crippen LogP contribution in [0.5, 0.6) is 11.5 Å². The largest absolute Gasteiger partial charge is 0.497 e. The summed E-state index contributed by atoms with van der Waals surface area (Å²) in [7, 11) is 1.62. The molecule has 0 radical (unpaired) electrons. The number of methoxy groups -OCH3 is 1. The zero-order valence-corrected chi connectivity index (χ0v) is 13.7. The average molecular weight is 335 g/mol. The van der Waals surface area contributed by atoms with E-state index >= 15 is 0 Å². The summed E-state index contributed by atoms with van der Waals surface area (Å²) < 4.78 is 12.4. The Morgan fingerprint density at radius 1 is 1.08 bits per heavy atom. The van der Waals surface area contributed by atoms with Gasteiger partial charge >= 0.3 is 0 Å². The Bertz CT molecular complexity index is 878. The molecule has 0 aliphatic carbocycles. The smallest absolute Gasteiger partial charge is 0.159 e. The molecule has 0 spiro atoms. The van der Waals surface area contributed by atoms with Crippen LogP contribution in [0.25, 0.3) is 17.1 Å². The molecule has 1 N–H and O–H groups in total. The topological polar surface area (TPSA) is 80.3 Å². The molecule has 6 nitrogen and oxygen atoms in total. The highest BCUT2D eigenvalue weighted by Gasteiger charge is 2.12. The first-order valence-electron chi connectivity index (χ1n) is 7.73. The van der Waals surface area contributed by atoms with Gasteiger partial charge in [-0.05, 0) is 48.5 Å². The standard InChI is InChI=1S/C19H17N3O3/c1-24-17-6-2-14(3-7-17)19-21-15(12-20)13-22(19)16-4-8-18(9-5-16)25-11-10-23/h2-9,13,23H,10-11H2,1H3. The Hall–Kier alpha value is -3.30. The molecule has 25 heavy (non-hydrogen) atoms. The van der Waals surface area contributed by atoms with Crippen molar-refractivity contribution in [1.29, 1.82) is 5.26 Å². The van der Waals surface area contributed by atoms with Crippen molar-refractivity contribution in [1.82, 2.24) is 9.55 Å². The van der Waals surface area contributed by atoms with Gasteiger partial charge in [-0.1, -0.05) is 0 Å². The Morgan fingerprint density at radius 3 is 2.36 bits per heavy atom. The summed E-state index contributed by atoms with van der Waals surface area (Å²) >= 11 is 0. The number of imidazole rings is 1. The van der Waals surface area contributed by atoms with Gasteiger partial charge in [-0.25, -0.2) is 4.98 Å². The molecule has 0 fully saturated rings. The van der Waals surface area contributed by atoms with E-state index in [9.17, 15) is 5.26 Å². The molecule has 0 aliphatic heterocycles. The van der Waals surface area contributed by atoms with Crippen molar-refractivity contribution >= 4 is 0 Å². The van der Waals surface area contributed by atoms with Crippen molar-refractivity contribution in [3.63, 3.8) is 0 Å². The maximum absolute atomic E-state index is 9.20. The Balaban J connectivity index is 1.98. The third-order valence-electron chi connectivity index (χ3n) is 3.64. The molecular weight excluding hydrogens is 318 g/mol. The maximum atomic E-state index is 9.20. The van der Waals surface area contributed by atoms with Crippen molar-refractivity contribution in [2.75, 3.05) is 20.3 Å². The SMILES string of the molecule is COc1ccc(-c2nc(C#N)cn2-c2ccc(OCCO)cc2)cc1. The molecule has 0 bridgehead atoms. The molecule has 0 atom stereocenters. The normalized spacial score (nSPS) is 10.3. The number of hydrogen-bond acceptors (Lipinski definition) is 5. The lowest BCUT2D eigenvalue weighted by Gasteiger charge is -2.10. The van der Waals surface area contributed by atoms with Crippen LogP contribution in [-0.2, 0) is 0 Å². The van der Waals surface area contributed by atoms with E-state index in [0.717, 1.165) is 17.0 Å². The lowest BCUT2D eigenvalue weighted by atomic mass is 10.2. The van der Waals surface area contributed by atoms with E-state index in [1.807, 2.05) is 53.1 Å². The van der Waals surface area contributed by atoms with Crippen LogP contribution >= 0.6 is 0 Å². The first-order chi connectivity index (χ1) is 12.2. The molecule has 1 aromatic heterocycles. The molecular formula is C19H17N3O3. The fraction of sp³-hybridized carbons (Fsp3) is 0.158. The van der Waals surface area contributed by atoms with Gasteiger partial charge in [-0.3, -0.25) is 4.57 Å². The van der Waals surface area contributed by atoms with Gasteiger partial charge in [0.15, 0.2) is 5.69 Å². The number of aliphatic hydroxyl groups is 1. The minimum Gasteiger partial charge on any atom is -0.497 e. The molecule has 126 valence electrons. The molecule has 3 rings (SSSR count). The monoisotopic (exact) mass is 335 g/mol. The van der Waals surface area contributed by atoms with E-state index < -0.39 is 0 Å². The lowest BCUT2D eigenvalue weighted by molar-refractivity contribution is 0.201. The molecule has 0 saturated heterocycles. The maximum Gasteiger partial charge on any atom is 0.159 e. The van der Waals surface area contributed by atoms with Gasteiger partial charge in [0.05, 0.1) is 13.7 Å². The van der Waals surface area contributed by atoms with E-state index in [-0.39, 0.29) is 13.2 Å². The number of aliphatic hydroxyl groups excluding tert-OH is 1. The predicted octanol–water partition coefficient (Wildman–Crippen LogP) is 2.79. The molecule has 0 unspecified atom stereocenters. The highest BCUT2D eigenvalue weighted by Crippen LogP contribution is 2.26. The average Bonchev–Trinajstić information content (AvgIpc) is 3.11. The second-order valence-corrected chi connectivity index (χ2v) is 5.23. The molecule has 0 amide bonds. The van der Waals surface area contributed by atoms with Crippen molar-refractivity contribution in [3.05, 3.63) is 60.4 Å². The van der Waals surface area contributed by atoms with Crippen molar-refractivity contribution in [3.8, 4) is 34.6 Å². The van der Waals surface area contributed by atoms with Crippen LogP contribution in [0.4, 0.5) is 0 Å². The van der Waals surface area contributed by atoms with Gasteiger partial charge in [-0.15, -0.1) is 0 Å². The highest BCUT2D eigenvalue weighted by molar-refractivity contribution is 5.61. The number of rotatable bonds is 6. The number of hydrogen-bond donors (Lipinski definition) is 1. The van der Waals surface area contributed by atoms with Crippen LogP contribution in [0.15, 0.2) is 54.7 Å². The summed E-state index contributed by atoms with van der Waals surface area (Å²) in [6.07, 6.45) is 1.70. The van der Waals surface area contributed by atoms with Crippen molar-refractivity contribution in [2.24, 2.45) is 0 Å². The zero-order chi connectivity index (χ0) is 17.6. The third kappa shape index (κ3) is 3.62. The first-order valence-corrected chi connectivity index (χ1v) is 7.73. The fourth-order valence-electron chi connectivity index (χ4n) is 2.44. The van der Waals surface area contributed by atoms with E-state index in [4.69, 9.17) is 14.6 Å². The molecule has 6 heteroatoms. The van der Waals surface area contributed by atoms with Crippen LogP contribution in [0.2, 0.25) is 0 Å². The molecule has 1 heterocycles. The van der Waals surface area contributed by atoms with Gasteiger partial charge in [0.1, 0.15) is 30.0 Å². The number of aromatic nitrogens is 2. The predicted molar refractivity (Wildman–Crippen MR) is 92.8 cm³/mol. The van der Waals surface area contributed by atoms with E-state index in [0.29, 0.717) is 17.3 Å². The number of ether oxygens (including phenoxy) is 2. The quantitative estimate of drug-likeness (QED) is 0.749.